The lowest BCUT2D eigenvalue weighted by atomic mass is 10.0. The first kappa shape index (κ1) is 26.6. The molecule has 204 valence electrons. The predicted octanol–water partition coefficient (Wildman–Crippen LogP) is 4.06. The smallest absolute Gasteiger partial charge is 0.354 e. The van der Waals surface area contributed by atoms with Crippen LogP contribution in [0.25, 0.3) is 22.2 Å². The summed E-state index contributed by atoms with van der Waals surface area (Å²) in [6, 6.07) is 13.8. The Morgan fingerprint density at radius 1 is 0.974 bits per heavy atom. The van der Waals surface area contributed by atoms with E-state index in [0.29, 0.717) is 37.4 Å². The molecule has 0 saturated carbocycles. The number of fused-ring (bicyclic) bond motifs is 1. The Bertz CT molecular complexity index is 1650. The van der Waals surface area contributed by atoms with Gasteiger partial charge in [0.2, 0.25) is 0 Å². The second kappa shape index (κ2) is 9.95. The first-order valence-electron chi connectivity index (χ1n) is 12.2. The molecule has 5 rings (SSSR count). The molecule has 0 N–H and O–H groups in total. The molecule has 0 spiro atoms. The van der Waals surface area contributed by atoms with E-state index in [4.69, 9.17) is 0 Å². The van der Waals surface area contributed by atoms with Gasteiger partial charge in [-0.1, -0.05) is 36.4 Å². The fourth-order valence-corrected chi connectivity index (χ4v) is 5.89. The Hall–Kier alpha value is -4.00. The number of halogens is 3. The van der Waals surface area contributed by atoms with Gasteiger partial charge in [0, 0.05) is 50.2 Å². The molecule has 0 bridgehead atoms. The molecule has 1 aliphatic heterocycles. The van der Waals surface area contributed by atoms with E-state index in [1.165, 1.54) is 24.1 Å². The zero-order chi connectivity index (χ0) is 27.9. The molecule has 4 aromatic rings. The number of benzene rings is 2. The van der Waals surface area contributed by atoms with Gasteiger partial charge in [-0.25, -0.2) is 8.42 Å². The summed E-state index contributed by atoms with van der Waals surface area (Å²) in [5, 5.41) is 15.1. The first-order valence-corrected chi connectivity index (χ1v) is 13.7. The molecule has 0 atom stereocenters. The Labute approximate surface area is 222 Å². The number of rotatable bonds is 5. The maximum Gasteiger partial charge on any atom is 0.501 e. The van der Waals surface area contributed by atoms with Crippen molar-refractivity contribution in [1.29, 1.82) is 0 Å². The molecule has 1 saturated heterocycles. The summed E-state index contributed by atoms with van der Waals surface area (Å²) < 4.78 is 65.6. The molecule has 0 aliphatic carbocycles. The Balaban J connectivity index is 1.36. The highest BCUT2D eigenvalue weighted by Gasteiger charge is 2.48. The van der Waals surface area contributed by atoms with E-state index < -0.39 is 31.7 Å². The quantitative estimate of drug-likeness (QED) is 0.364. The van der Waals surface area contributed by atoms with Crippen molar-refractivity contribution >= 4 is 32.3 Å². The number of aryl methyl sites for hydroxylation is 1. The van der Waals surface area contributed by atoms with Crippen LogP contribution in [-0.2, 0) is 16.9 Å². The normalized spacial score (nSPS) is 15.1. The van der Waals surface area contributed by atoms with Crippen molar-refractivity contribution in [2.45, 2.75) is 29.3 Å². The average molecular weight is 559 g/mol. The molecular weight excluding hydrogens is 533 g/mol. The van der Waals surface area contributed by atoms with Crippen molar-refractivity contribution in [2.75, 3.05) is 25.0 Å². The van der Waals surface area contributed by atoms with Crippen LogP contribution in [0.4, 0.5) is 19.0 Å². The van der Waals surface area contributed by atoms with Crippen LogP contribution in [-0.4, -0.2) is 70.9 Å². The van der Waals surface area contributed by atoms with E-state index in [9.17, 15) is 26.4 Å². The van der Waals surface area contributed by atoms with Gasteiger partial charge in [-0.2, -0.15) is 18.3 Å². The maximum atomic E-state index is 13.2. The van der Waals surface area contributed by atoms with Gasteiger partial charge in [-0.3, -0.25) is 9.48 Å². The fourth-order valence-electron chi connectivity index (χ4n) is 4.94. The van der Waals surface area contributed by atoms with E-state index in [-0.39, 0.29) is 6.04 Å². The lowest BCUT2D eigenvalue weighted by Crippen LogP contribution is -2.46. The summed E-state index contributed by atoms with van der Waals surface area (Å²) in [5.74, 6) is -0.0757. The second-order valence-corrected chi connectivity index (χ2v) is 11.2. The molecule has 0 radical (unpaired) electrons. The largest absolute Gasteiger partial charge is 0.501 e. The molecule has 3 heterocycles. The van der Waals surface area contributed by atoms with Gasteiger partial charge >= 0.3 is 5.51 Å². The number of hydrogen-bond donors (Lipinski definition) is 0. The minimum Gasteiger partial charge on any atom is -0.354 e. The van der Waals surface area contributed by atoms with Crippen LogP contribution in [0.3, 0.4) is 0 Å². The highest BCUT2D eigenvalue weighted by molar-refractivity contribution is 7.92. The molecule has 1 aliphatic rings. The van der Waals surface area contributed by atoms with Crippen LogP contribution in [0.2, 0.25) is 0 Å². The van der Waals surface area contributed by atoms with Gasteiger partial charge in [0.25, 0.3) is 15.7 Å². The van der Waals surface area contributed by atoms with E-state index in [1.807, 2.05) is 37.4 Å². The summed E-state index contributed by atoms with van der Waals surface area (Å²) in [6.07, 6.45) is 2.71. The molecule has 2 aromatic heterocycles. The monoisotopic (exact) mass is 558 g/mol. The lowest BCUT2D eigenvalue weighted by molar-refractivity contribution is -0.0436. The molecule has 1 fully saturated rings. The zero-order valence-electron chi connectivity index (χ0n) is 21.1. The van der Waals surface area contributed by atoms with Crippen molar-refractivity contribution in [2.24, 2.45) is 7.05 Å². The Morgan fingerprint density at radius 2 is 1.62 bits per heavy atom. The van der Waals surface area contributed by atoms with Crippen LogP contribution in [0, 0.1) is 0 Å². The van der Waals surface area contributed by atoms with E-state index >= 15 is 0 Å². The number of anilines is 1. The van der Waals surface area contributed by atoms with Crippen LogP contribution < -0.4 is 4.90 Å². The molecule has 39 heavy (non-hydrogen) atoms. The van der Waals surface area contributed by atoms with Gasteiger partial charge < -0.3 is 9.80 Å². The summed E-state index contributed by atoms with van der Waals surface area (Å²) in [5.41, 5.74) is -4.47. The molecule has 0 unspecified atom stereocenters. The SMILES string of the molecule is CN(C(=O)c1ccccc1S(=O)(=O)C(F)(F)F)C1CCN(c2nnc(-c3ccnn3C)c3ccccc23)CC1. The summed E-state index contributed by atoms with van der Waals surface area (Å²) in [6.45, 7) is 1.04. The number of hydrogen-bond acceptors (Lipinski definition) is 7. The van der Waals surface area contributed by atoms with Crippen LogP contribution in [0.5, 0.6) is 0 Å². The van der Waals surface area contributed by atoms with Gasteiger partial charge in [0.05, 0.1) is 16.2 Å². The van der Waals surface area contributed by atoms with Gasteiger partial charge in [0.15, 0.2) is 5.82 Å². The highest BCUT2D eigenvalue weighted by Crippen LogP contribution is 2.34. The van der Waals surface area contributed by atoms with Gasteiger partial charge in [0.1, 0.15) is 5.69 Å². The molecule has 13 heteroatoms. The highest BCUT2D eigenvalue weighted by atomic mass is 32.2. The molecular formula is C26H25F3N6O3S. The third kappa shape index (κ3) is 4.71. The fraction of sp³-hybridized carbons (Fsp3) is 0.308. The number of sulfone groups is 1. The van der Waals surface area contributed by atoms with Crippen molar-refractivity contribution in [3.05, 3.63) is 66.4 Å². The average Bonchev–Trinajstić information content (AvgIpc) is 3.36. The van der Waals surface area contributed by atoms with Crippen molar-refractivity contribution in [3.8, 4) is 11.4 Å². The van der Waals surface area contributed by atoms with E-state index in [2.05, 4.69) is 20.2 Å². The standard InChI is InChI=1S/C26H25F3N6O3S/c1-33(25(36)20-9-5-6-10-22(20)39(37,38)26(27,28)29)17-12-15-35(16-13-17)24-19-8-4-3-7-18(19)23(31-32-24)21-11-14-30-34(21)2/h3-11,14,17H,12-13,15-16H2,1-2H3. The molecule has 1 amide bonds. The Kier molecular flexibility index (Phi) is 6.79. The maximum absolute atomic E-state index is 13.2. The minimum atomic E-state index is -5.68. The zero-order valence-corrected chi connectivity index (χ0v) is 21.9. The minimum absolute atomic E-state index is 0.302. The molecule has 9 nitrogen and oxygen atoms in total. The van der Waals surface area contributed by atoms with Gasteiger partial charge in [-0.15, -0.1) is 10.2 Å². The molecule has 2 aromatic carbocycles. The summed E-state index contributed by atoms with van der Waals surface area (Å²) in [4.78, 5) is 15.6. The number of carbonyl (C=O) groups excluding carboxylic acids is 1. The number of nitrogens with zero attached hydrogens (tertiary/aromatic N) is 6. The van der Waals surface area contributed by atoms with Crippen LogP contribution >= 0.6 is 0 Å². The lowest BCUT2D eigenvalue weighted by Gasteiger charge is -2.37. The number of carbonyl (C=O) groups is 1. The third-order valence-corrected chi connectivity index (χ3v) is 8.62. The second-order valence-electron chi connectivity index (χ2n) is 9.34. The van der Waals surface area contributed by atoms with Crippen LogP contribution in [0.1, 0.15) is 23.2 Å². The van der Waals surface area contributed by atoms with E-state index in [1.54, 1.807) is 10.9 Å². The third-order valence-electron chi connectivity index (χ3n) is 7.08. The number of alkyl halides is 3. The number of amides is 1. The predicted molar refractivity (Wildman–Crippen MR) is 139 cm³/mol. The number of aromatic nitrogens is 4. The topological polar surface area (TPSA) is 101 Å². The number of piperidine rings is 1. The van der Waals surface area contributed by atoms with Gasteiger partial charge in [-0.05, 0) is 31.0 Å². The van der Waals surface area contributed by atoms with Crippen molar-refractivity contribution in [1.82, 2.24) is 24.9 Å². The summed E-state index contributed by atoms with van der Waals surface area (Å²) in [7, 11) is -2.36. The van der Waals surface area contributed by atoms with Crippen molar-refractivity contribution in [3.63, 3.8) is 0 Å². The van der Waals surface area contributed by atoms with E-state index in [0.717, 1.165) is 28.6 Å². The van der Waals surface area contributed by atoms with Crippen molar-refractivity contribution < 1.29 is 26.4 Å². The Morgan fingerprint density at radius 3 is 2.26 bits per heavy atom. The first-order chi connectivity index (χ1) is 18.5. The van der Waals surface area contributed by atoms with Crippen LogP contribution in [0.15, 0.2) is 65.7 Å². The summed E-state index contributed by atoms with van der Waals surface area (Å²) >= 11 is 0.